The number of methoxy groups -OCH3 is 1. The molecule has 1 aromatic rings. The Morgan fingerprint density at radius 3 is 2.71 bits per heavy atom. The largest absolute Gasteiger partial charge is 0.383 e. The predicted molar refractivity (Wildman–Crippen MR) is 67.3 cm³/mol. The molecule has 0 saturated heterocycles. The Morgan fingerprint density at radius 2 is 2.24 bits per heavy atom. The van der Waals surface area contributed by atoms with Gasteiger partial charge >= 0.3 is 0 Å². The van der Waals surface area contributed by atoms with Gasteiger partial charge in [-0.3, -0.25) is 4.79 Å². The van der Waals surface area contributed by atoms with Crippen LogP contribution in [0.2, 0.25) is 5.15 Å². The maximum atomic E-state index is 12.2. The molecule has 17 heavy (non-hydrogen) atoms. The molecular weight excluding hydrogens is 240 g/mol. The number of carbonyl (C=O) groups excluding carboxylic acids is 1. The molecule has 94 valence electrons. The number of ether oxygens (including phenoxy) is 1. The van der Waals surface area contributed by atoms with Gasteiger partial charge in [0.05, 0.1) is 12.2 Å². The molecule has 0 N–H and O–H groups in total. The van der Waals surface area contributed by atoms with Gasteiger partial charge in [-0.25, -0.2) is 4.98 Å². The first-order valence-electron chi connectivity index (χ1n) is 5.47. The van der Waals surface area contributed by atoms with Crippen LogP contribution < -0.4 is 0 Å². The molecule has 1 amide bonds. The average Bonchev–Trinajstić information content (AvgIpc) is 2.29. The molecule has 1 heterocycles. The smallest absolute Gasteiger partial charge is 0.255 e. The maximum absolute atomic E-state index is 12.2. The van der Waals surface area contributed by atoms with E-state index in [0.29, 0.717) is 23.9 Å². The first-order chi connectivity index (χ1) is 8.06. The van der Waals surface area contributed by atoms with E-state index in [0.717, 1.165) is 0 Å². The second-order valence-electron chi connectivity index (χ2n) is 3.95. The minimum atomic E-state index is -0.0544. The van der Waals surface area contributed by atoms with Gasteiger partial charge in [-0.2, -0.15) is 0 Å². The predicted octanol–water partition coefficient (Wildman–Crippen LogP) is 2.23. The number of amides is 1. The van der Waals surface area contributed by atoms with Crippen LogP contribution in [0.1, 0.15) is 24.2 Å². The second-order valence-corrected chi connectivity index (χ2v) is 4.34. The van der Waals surface area contributed by atoms with E-state index in [1.54, 1.807) is 24.1 Å². The molecule has 0 bridgehead atoms. The van der Waals surface area contributed by atoms with Crippen molar-refractivity contribution in [1.29, 1.82) is 0 Å². The van der Waals surface area contributed by atoms with Gasteiger partial charge < -0.3 is 9.64 Å². The summed E-state index contributed by atoms with van der Waals surface area (Å²) in [5, 5.41) is 0.384. The van der Waals surface area contributed by atoms with Crippen LogP contribution in [0.15, 0.2) is 18.3 Å². The maximum Gasteiger partial charge on any atom is 0.255 e. The molecule has 0 aromatic carbocycles. The van der Waals surface area contributed by atoms with E-state index in [4.69, 9.17) is 16.3 Å². The summed E-state index contributed by atoms with van der Waals surface area (Å²) in [6, 6.07) is 3.41. The Hall–Kier alpha value is -1.13. The monoisotopic (exact) mass is 256 g/mol. The molecule has 0 spiro atoms. The topological polar surface area (TPSA) is 42.4 Å². The molecule has 0 aliphatic rings. The molecule has 0 aliphatic carbocycles. The van der Waals surface area contributed by atoms with Gasteiger partial charge in [0, 0.05) is 25.9 Å². The van der Waals surface area contributed by atoms with Gasteiger partial charge in [-0.1, -0.05) is 11.6 Å². The molecule has 0 fully saturated rings. The third kappa shape index (κ3) is 3.98. The molecule has 5 heteroatoms. The third-order valence-corrected chi connectivity index (χ3v) is 2.62. The van der Waals surface area contributed by atoms with Crippen molar-refractivity contribution in [2.24, 2.45) is 0 Å². The molecule has 4 nitrogen and oxygen atoms in total. The van der Waals surface area contributed by atoms with Crippen LogP contribution in [0, 0.1) is 0 Å². The summed E-state index contributed by atoms with van der Waals surface area (Å²) < 4.78 is 5.00. The van der Waals surface area contributed by atoms with Crippen LogP contribution in [-0.4, -0.2) is 42.1 Å². The van der Waals surface area contributed by atoms with Gasteiger partial charge in [-0.15, -0.1) is 0 Å². The molecule has 0 aliphatic heterocycles. The van der Waals surface area contributed by atoms with Crippen LogP contribution >= 0.6 is 11.6 Å². The lowest BCUT2D eigenvalue weighted by Gasteiger charge is -2.26. The average molecular weight is 257 g/mol. The van der Waals surface area contributed by atoms with E-state index in [2.05, 4.69) is 4.98 Å². The molecule has 1 rings (SSSR count). The van der Waals surface area contributed by atoms with Crippen molar-refractivity contribution < 1.29 is 9.53 Å². The Bertz CT molecular complexity index is 365. The van der Waals surface area contributed by atoms with Crippen molar-refractivity contribution in [1.82, 2.24) is 9.88 Å². The normalized spacial score (nSPS) is 10.6. The highest BCUT2D eigenvalue weighted by molar-refractivity contribution is 6.29. The summed E-state index contributed by atoms with van der Waals surface area (Å²) in [5.74, 6) is -0.0544. The van der Waals surface area contributed by atoms with E-state index in [1.807, 2.05) is 13.8 Å². The Labute approximate surface area is 107 Å². The zero-order valence-electron chi connectivity index (χ0n) is 10.3. The number of nitrogens with zero attached hydrogens (tertiary/aromatic N) is 2. The lowest BCUT2D eigenvalue weighted by Crippen LogP contribution is -2.39. The number of rotatable bonds is 5. The highest BCUT2D eigenvalue weighted by atomic mass is 35.5. The van der Waals surface area contributed by atoms with Crippen LogP contribution in [0.5, 0.6) is 0 Å². The summed E-state index contributed by atoms with van der Waals surface area (Å²) in [6.07, 6.45) is 1.49. The van der Waals surface area contributed by atoms with Crippen LogP contribution in [-0.2, 0) is 4.74 Å². The van der Waals surface area contributed by atoms with E-state index in [1.165, 1.54) is 6.20 Å². The molecular formula is C12H17ClN2O2. The van der Waals surface area contributed by atoms with Crippen molar-refractivity contribution in [3.8, 4) is 0 Å². The van der Waals surface area contributed by atoms with E-state index in [9.17, 15) is 4.79 Å². The van der Waals surface area contributed by atoms with Crippen molar-refractivity contribution in [2.45, 2.75) is 19.9 Å². The number of hydrogen-bond acceptors (Lipinski definition) is 3. The molecule has 0 atom stereocenters. The Kier molecular flexibility index (Phi) is 5.38. The lowest BCUT2D eigenvalue weighted by molar-refractivity contribution is 0.0634. The second kappa shape index (κ2) is 6.57. The van der Waals surface area contributed by atoms with Gasteiger partial charge in [-0.05, 0) is 26.0 Å². The van der Waals surface area contributed by atoms with Gasteiger partial charge in [0.2, 0.25) is 0 Å². The molecule has 0 saturated carbocycles. The van der Waals surface area contributed by atoms with Crippen molar-refractivity contribution in [3.05, 3.63) is 29.0 Å². The third-order valence-electron chi connectivity index (χ3n) is 2.39. The quantitative estimate of drug-likeness (QED) is 0.759. The van der Waals surface area contributed by atoms with E-state index >= 15 is 0 Å². The Morgan fingerprint density at radius 1 is 1.53 bits per heavy atom. The molecule has 0 radical (unpaired) electrons. The number of carbonyl (C=O) groups is 1. The summed E-state index contributed by atoms with van der Waals surface area (Å²) in [6.45, 7) is 5.02. The molecule has 0 unspecified atom stereocenters. The number of aromatic nitrogens is 1. The number of pyridine rings is 1. The van der Waals surface area contributed by atoms with Crippen LogP contribution in [0.4, 0.5) is 0 Å². The summed E-state index contributed by atoms with van der Waals surface area (Å²) >= 11 is 5.69. The summed E-state index contributed by atoms with van der Waals surface area (Å²) in [7, 11) is 1.62. The van der Waals surface area contributed by atoms with E-state index < -0.39 is 0 Å². The van der Waals surface area contributed by atoms with Crippen molar-refractivity contribution in [3.63, 3.8) is 0 Å². The number of halogens is 1. The van der Waals surface area contributed by atoms with Gasteiger partial charge in [0.15, 0.2) is 0 Å². The molecule has 1 aromatic heterocycles. The Balaban J connectivity index is 2.80. The zero-order valence-corrected chi connectivity index (χ0v) is 11.1. The summed E-state index contributed by atoms with van der Waals surface area (Å²) in [4.78, 5) is 17.8. The highest BCUT2D eigenvalue weighted by Gasteiger charge is 2.18. The minimum Gasteiger partial charge on any atom is -0.383 e. The zero-order chi connectivity index (χ0) is 12.8. The van der Waals surface area contributed by atoms with E-state index in [-0.39, 0.29) is 11.9 Å². The standard InChI is InChI=1S/C12H17ClN2O2/c1-9(2)15(6-7-17-3)12(16)10-4-5-11(13)14-8-10/h4-5,8-9H,6-7H2,1-3H3. The van der Waals surface area contributed by atoms with Gasteiger partial charge in [0.1, 0.15) is 5.15 Å². The first kappa shape index (κ1) is 13.9. The lowest BCUT2D eigenvalue weighted by atomic mass is 10.2. The van der Waals surface area contributed by atoms with Crippen molar-refractivity contribution in [2.75, 3.05) is 20.3 Å². The van der Waals surface area contributed by atoms with Crippen molar-refractivity contribution >= 4 is 17.5 Å². The first-order valence-corrected chi connectivity index (χ1v) is 5.85. The summed E-state index contributed by atoms with van der Waals surface area (Å²) in [5.41, 5.74) is 0.541. The fraction of sp³-hybridized carbons (Fsp3) is 0.500. The SMILES string of the molecule is COCCN(C(=O)c1ccc(Cl)nc1)C(C)C. The highest BCUT2D eigenvalue weighted by Crippen LogP contribution is 2.10. The van der Waals surface area contributed by atoms with Gasteiger partial charge in [0.25, 0.3) is 5.91 Å². The minimum absolute atomic E-state index is 0.0544. The number of hydrogen-bond donors (Lipinski definition) is 0. The fourth-order valence-electron chi connectivity index (χ4n) is 1.45. The fourth-order valence-corrected chi connectivity index (χ4v) is 1.56. The van der Waals surface area contributed by atoms with Crippen LogP contribution in [0.3, 0.4) is 0 Å². The van der Waals surface area contributed by atoms with Crippen LogP contribution in [0.25, 0.3) is 0 Å².